The van der Waals surface area contributed by atoms with Crippen molar-refractivity contribution in [2.45, 2.75) is 18.4 Å². The zero-order chi connectivity index (χ0) is 27.2. The Morgan fingerprint density at radius 3 is 2.56 bits per heavy atom. The van der Waals surface area contributed by atoms with Crippen LogP contribution in [0.5, 0.6) is 0 Å². The van der Waals surface area contributed by atoms with Crippen molar-refractivity contribution in [1.82, 2.24) is 15.8 Å². The molecule has 0 saturated carbocycles. The molecule has 5 rings (SSSR count). The summed E-state index contributed by atoms with van der Waals surface area (Å²) in [7, 11) is 1.51. The Balaban J connectivity index is 1.34. The second-order valence-electron chi connectivity index (χ2n) is 9.23. The lowest BCUT2D eigenvalue weighted by Gasteiger charge is -2.23. The number of para-hydroxylation sites is 2. The van der Waals surface area contributed by atoms with Crippen LogP contribution in [-0.4, -0.2) is 48.6 Å². The highest BCUT2D eigenvalue weighted by atomic mass is 16.7. The van der Waals surface area contributed by atoms with Crippen molar-refractivity contribution in [2.24, 2.45) is 0 Å². The standard InChI is InChI=1S/C30H29N3O6/c1-37-18-38-17-22(15-24(30(35)33-36)25-16-31-26-8-4-3-7-23(25)26)32-29(34)20-12-10-19(11-13-20)28-14-21-6-2-5-9-27(21)39-28/h2-14,16,22,24,31,36H,15,17-18H2,1H3,(H,32,34)(H,33,35)/t22-,24-/m0/s1. The number of benzene rings is 3. The normalized spacial score (nSPS) is 12.9. The number of hydroxylamine groups is 1. The summed E-state index contributed by atoms with van der Waals surface area (Å²) in [6.45, 7) is 0.136. The highest BCUT2D eigenvalue weighted by Gasteiger charge is 2.28. The summed E-state index contributed by atoms with van der Waals surface area (Å²) in [6, 6.07) is 23.9. The maximum Gasteiger partial charge on any atom is 0.251 e. The monoisotopic (exact) mass is 527 g/mol. The van der Waals surface area contributed by atoms with Crippen LogP contribution in [0.25, 0.3) is 33.2 Å². The van der Waals surface area contributed by atoms with Crippen LogP contribution in [0.3, 0.4) is 0 Å². The molecule has 0 unspecified atom stereocenters. The van der Waals surface area contributed by atoms with Crippen molar-refractivity contribution in [2.75, 3.05) is 20.5 Å². The van der Waals surface area contributed by atoms with E-state index in [9.17, 15) is 14.8 Å². The average Bonchev–Trinajstić information content (AvgIpc) is 3.60. The van der Waals surface area contributed by atoms with Crippen LogP contribution in [0.15, 0.2) is 89.5 Å². The molecule has 2 amide bonds. The largest absolute Gasteiger partial charge is 0.456 e. The van der Waals surface area contributed by atoms with E-state index < -0.39 is 17.9 Å². The molecule has 2 aromatic heterocycles. The fourth-order valence-corrected chi connectivity index (χ4v) is 4.74. The second-order valence-corrected chi connectivity index (χ2v) is 9.23. The molecular weight excluding hydrogens is 498 g/mol. The molecule has 2 heterocycles. The maximum atomic E-state index is 13.2. The third kappa shape index (κ3) is 5.85. The first-order valence-electron chi connectivity index (χ1n) is 12.5. The van der Waals surface area contributed by atoms with Crippen molar-refractivity contribution in [3.05, 3.63) is 96.2 Å². The maximum absolute atomic E-state index is 13.2. The van der Waals surface area contributed by atoms with E-state index >= 15 is 0 Å². The summed E-state index contributed by atoms with van der Waals surface area (Å²) in [5.41, 5.74) is 5.43. The molecule has 9 heteroatoms. The number of rotatable bonds is 11. The van der Waals surface area contributed by atoms with Crippen LogP contribution in [0, 0.1) is 0 Å². The molecule has 5 aromatic rings. The van der Waals surface area contributed by atoms with Gasteiger partial charge in [0.2, 0.25) is 0 Å². The van der Waals surface area contributed by atoms with Crippen LogP contribution in [-0.2, 0) is 14.3 Å². The minimum absolute atomic E-state index is 0.0303. The third-order valence-electron chi connectivity index (χ3n) is 6.66. The Morgan fingerprint density at radius 2 is 1.79 bits per heavy atom. The van der Waals surface area contributed by atoms with Gasteiger partial charge in [-0.15, -0.1) is 0 Å². The molecule has 0 aliphatic carbocycles. The lowest BCUT2D eigenvalue weighted by molar-refractivity contribution is -0.131. The zero-order valence-corrected chi connectivity index (χ0v) is 21.3. The average molecular weight is 528 g/mol. The van der Waals surface area contributed by atoms with Gasteiger partial charge in [0.1, 0.15) is 18.1 Å². The molecule has 0 spiro atoms. The van der Waals surface area contributed by atoms with Gasteiger partial charge in [-0.3, -0.25) is 14.8 Å². The number of hydrogen-bond donors (Lipinski definition) is 4. The van der Waals surface area contributed by atoms with Gasteiger partial charge in [0.15, 0.2) is 0 Å². The van der Waals surface area contributed by atoms with Gasteiger partial charge in [-0.05, 0) is 42.3 Å². The number of H-pyrrole nitrogens is 1. The fourth-order valence-electron chi connectivity index (χ4n) is 4.74. The van der Waals surface area contributed by atoms with E-state index in [1.54, 1.807) is 23.8 Å². The molecule has 0 aliphatic rings. The van der Waals surface area contributed by atoms with E-state index in [-0.39, 0.29) is 25.7 Å². The van der Waals surface area contributed by atoms with Crippen molar-refractivity contribution in [3.63, 3.8) is 0 Å². The Kier molecular flexibility index (Phi) is 8.02. The zero-order valence-electron chi connectivity index (χ0n) is 21.3. The Labute approximate surface area is 224 Å². The molecule has 0 bridgehead atoms. The summed E-state index contributed by atoms with van der Waals surface area (Å²) in [4.78, 5) is 29.1. The number of aromatic amines is 1. The molecule has 0 saturated heterocycles. The molecule has 39 heavy (non-hydrogen) atoms. The molecule has 0 aliphatic heterocycles. The third-order valence-corrected chi connectivity index (χ3v) is 6.66. The smallest absolute Gasteiger partial charge is 0.251 e. The summed E-state index contributed by atoms with van der Waals surface area (Å²) < 4.78 is 16.5. The number of carbonyl (C=O) groups excluding carboxylic acids is 2. The van der Waals surface area contributed by atoms with E-state index in [0.29, 0.717) is 16.9 Å². The van der Waals surface area contributed by atoms with E-state index in [0.717, 1.165) is 27.4 Å². The van der Waals surface area contributed by atoms with E-state index in [1.807, 2.05) is 66.7 Å². The SMILES string of the molecule is COCOC[C@H](C[C@H](C(=O)NO)c1c[nH]c2ccccc12)NC(=O)c1ccc(-c2cc3ccccc3o2)cc1. The van der Waals surface area contributed by atoms with Crippen LogP contribution in [0.1, 0.15) is 28.3 Å². The van der Waals surface area contributed by atoms with Gasteiger partial charge in [-0.25, -0.2) is 5.48 Å². The van der Waals surface area contributed by atoms with Crippen molar-refractivity contribution < 1.29 is 28.7 Å². The van der Waals surface area contributed by atoms with Gasteiger partial charge >= 0.3 is 0 Å². The highest BCUT2D eigenvalue weighted by molar-refractivity contribution is 5.95. The van der Waals surface area contributed by atoms with Gasteiger partial charge in [-0.2, -0.15) is 0 Å². The lowest BCUT2D eigenvalue weighted by Crippen LogP contribution is -2.41. The number of methoxy groups -OCH3 is 1. The molecular formula is C30H29N3O6. The molecule has 2 atom stereocenters. The van der Waals surface area contributed by atoms with E-state index in [4.69, 9.17) is 13.9 Å². The topological polar surface area (TPSA) is 126 Å². The molecule has 3 aromatic carbocycles. The van der Waals surface area contributed by atoms with E-state index in [1.165, 1.54) is 7.11 Å². The van der Waals surface area contributed by atoms with Crippen molar-refractivity contribution in [1.29, 1.82) is 0 Å². The first-order chi connectivity index (χ1) is 19.1. The first-order valence-corrected chi connectivity index (χ1v) is 12.5. The predicted octanol–water partition coefficient (Wildman–Crippen LogP) is 4.98. The van der Waals surface area contributed by atoms with Crippen LogP contribution >= 0.6 is 0 Å². The van der Waals surface area contributed by atoms with E-state index in [2.05, 4.69) is 10.3 Å². The number of fused-ring (bicyclic) bond motifs is 2. The van der Waals surface area contributed by atoms with Crippen molar-refractivity contribution in [3.8, 4) is 11.3 Å². The number of nitrogens with one attached hydrogen (secondary N) is 3. The number of aromatic nitrogens is 1. The van der Waals surface area contributed by atoms with Crippen LogP contribution in [0.2, 0.25) is 0 Å². The number of ether oxygens (including phenoxy) is 2. The quantitative estimate of drug-likeness (QED) is 0.0831. The Morgan fingerprint density at radius 1 is 1.03 bits per heavy atom. The summed E-state index contributed by atoms with van der Waals surface area (Å²) in [6.07, 6.45) is 1.93. The number of carbonyl (C=O) groups is 2. The molecule has 200 valence electrons. The molecule has 9 nitrogen and oxygen atoms in total. The first kappa shape index (κ1) is 26.2. The minimum atomic E-state index is -0.752. The predicted molar refractivity (Wildman–Crippen MR) is 146 cm³/mol. The second kappa shape index (κ2) is 12.0. The Bertz CT molecular complexity index is 1540. The molecule has 0 fully saturated rings. The van der Waals surface area contributed by atoms with Crippen molar-refractivity contribution >= 4 is 33.7 Å². The van der Waals surface area contributed by atoms with Gasteiger partial charge < -0.3 is 24.2 Å². The highest BCUT2D eigenvalue weighted by Crippen LogP contribution is 2.30. The lowest BCUT2D eigenvalue weighted by atomic mass is 9.91. The van der Waals surface area contributed by atoms with Crippen LogP contribution in [0.4, 0.5) is 0 Å². The summed E-state index contributed by atoms with van der Waals surface area (Å²) in [5.74, 6) is -0.941. The van der Waals surface area contributed by atoms with Crippen LogP contribution < -0.4 is 10.8 Å². The minimum Gasteiger partial charge on any atom is -0.456 e. The summed E-state index contributed by atoms with van der Waals surface area (Å²) >= 11 is 0. The summed E-state index contributed by atoms with van der Waals surface area (Å²) in [5, 5.41) is 14.3. The van der Waals surface area contributed by atoms with Gasteiger partial charge in [-0.1, -0.05) is 48.5 Å². The molecule has 0 radical (unpaired) electrons. The number of furan rings is 1. The van der Waals surface area contributed by atoms with Gasteiger partial charge in [0.05, 0.1) is 18.6 Å². The fraction of sp³-hybridized carbons (Fsp3) is 0.200. The number of hydrogen-bond acceptors (Lipinski definition) is 6. The number of amides is 2. The van der Waals surface area contributed by atoms with Gasteiger partial charge in [0.25, 0.3) is 11.8 Å². The Hall–Kier alpha value is -4.44. The molecule has 4 N–H and O–H groups in total. The van der Waals surface area contributed by atoms with Gasteiger partial charge in [0, 0.05) is 40.7 Å².